The molecule has 0 bridgehead atoms. The van der Waals surface area contributed by atoms with Gasteiger partial charge in [-0.15, -0.1) is 35.3 Å². The number of hydrogen-bond acceptors (Lipinski definition) is 5. The lowest BCUT2D eigenvalue weighted by Crippen LogP contribution is -2.52. The van der Waals surface area contributed by atoms with Gasteiger partial charge in [-0.2, -0.15) is 0 Å². The minimum Gasteiger partial charge on any atom is -0.379 e. The van der Waals surface area contributed by atoms with Gasteiger partial charge in [0.25, 0.3) is 0 Å². The fraction of sp³-hybridized carbons (Fsp3) is 0.750. The summed E-state index contributed by atoms with van der Waals surface area (Å²) in [6.07, 6.45) is 0. The van der Waals surface area contributed by atoms with Crippen molar-refractivity contribution in [2.45, 2.75) is 46.3 Å². The fourth-order valence-corrected chi connectivity index (χ4v) is 3.62. The summed E-state index contributed by atoms with van der Waals surface area (Å²) in [5.41, 5.74) is 1.12. The molecule has 138 valence electrons. The van der Waals surface area contributed by atoms with Gasteiger partial charge in [0, 0.05) is 37.1 Å². The molecule has 1 aromatic heterocycles. The van der Waals surface area contributed by atoms with Crippen molar-refractivity contribution in [1.29, 1.82) is 0 Å². The quantitative estimate of drug-likeness (QED) is 0.395. The predicted molar refractivity (Wildman–Crippen MR) is 112 cm³/mol. The molecule has 0 spiro atoms. The molecular formula is C16H30IN5OS. The largest absolute Gasteiger partial charge is 0.379 e. The van der Waals surface area contributed by atoms with E-state index < -0.39 is 0 Å². The number of morpholine rings is 1. The van der Waals surface area contributed by atoms with E-state index >= 15 is 0 Å². The average molecular weight is 467 g/mol. The average Bonchev–Trinajstić information content (AvgIpc) is 2.86. The molecule has 0 aromatic carbocycles. The highest BCUT2D eigenvalue weighted by Crippen LogP contribution is 2.15. The molecule has 0 aliphatic carbocycles. The molecule has 1 fully saturated rings. The van der Waals surface area contributed by atoms with Crippen molar-refractivity contribution in [2.24, 2.45) is 4.99 Å². The highest BCUT2D eigenvalue weighted by molar-refractivity contribution is 14.0. The first-order chi connectivity index (χ1) is 11.0. The van der Waals surface area contributed by atoms with Crippen LogP contribution in [-0.4, -0.2) is 61.3 Å². The Bertz CT molecular complexity index is 517. The van der Waals surface area contributed by atoms with E-state index in [1.165, 1.54) is 4.88 Å². The molecular weight excluding hydrogens is 437 g/mol. The van der Waals surface area contributed by atoms with Crippen LogP contribution in [0.3, 0.4) is 0 Å². The molecule has 8 heteroatoms. The first-order valence-electron chi connectivity index (χ1n) is 8.22. The minimum absolute atomic E-state index is 0. The van der Waals surface area contributed by atoms with Crippen LogP contribution in [0, 0.1) is 13.8 Å². The Morgan fingerprint density at radius 3 is 2.79 bits per heavy atom. The summed E-state index contributed by atoms with van der Waals surface area (Å²) in [5, 5.41) is 7.85. The van der Waals surface area contributed by atoms with E-state index in [-0.39, 0.29) is 24.0 Å². The van der Waals surface area contributed by atoms with Gasteiger partial charge in [-0.3, -0.25) is 9.89 Å². The van der Waals surface area contributed by atoms with Crippen molar-refractivity contribution >= 4 is 41.3 Å². The lowest BCUT2D eigenvalue weighted by Gasteiger charge is -2.38. The Morgan fingerprint density at radius 1 is 1.46 bits per heavy atom. The second-order valence-corrected chi connectivity index (χ2v) is 7.35. The second-order valence-electron chi connectivity index (χ2n) is 6.07. The van der Waals surface area contributed by atoms with Crippen molar-refractivity contribution in [3.63, 3.8) is 0 Å². The minimum atomic E-state index is 0. The normalized spacial score (nSPS) is 20.4. The molecule has 1 aromatic rings. The zero-order valence-corrected chi connectivity index (χ0v) is 18.4. The molecule has 2 rings (SSSR count). The maximum atomic E-state index is 5.50. The molecule has 1 aliphatic heterocycles. The molecule has 2 heterocycles. The highest BCUT2D eigenvalue weighted by Gasteiger charge is 2.23. The van der Waals surface area contributed by atoms with E-state index in [2.05, 4.69) is 46.3 Å². The summed E-state index contributed by atoms with van der Waals surface area (Å²) < 4.78 is 5.50. The Morgan fingerprint density at radius 2 is 2.21 bits per heavy atom. The first-order valence-corrected chi connectivity index (χ1v) is 9.03. The number of aryl methyl sites for hydroxylation is 2. The summed E-state index contributed by atoms with van der Waals surface area (Å²) in [4.78, 5) is 12.6. The second kappa shape index (κ2) is 10.5. The van der Waals surface area contributed by atoms with Crippen molar-refractivity contribution in [2.75, 3.05) is 33.4 Å². The fourth-order valence-electron chi connectivity index (χ4n) is 2.75. The maximum Gasteiger partial charge on any atom is 0.191 e. The van der Waals surface area contributed by atoms with Gasteiger partial charge in [0.1, 0.15) is 5.01 Å². The molecule has 2 N–H and O–H groups in total. The lowest BCUT2D eigenvalue weighted by molar-refractivity contribution is -0.0174. The number of halogens is 1. The third kappa shape index (κ3) is 6.12. The van der Waals surface area contributed by atoms with Crippen molar-refractivity contribution < 1.29 is 4.74 Å². The topological polar surface area (TPSA) is 61.8 Å². The number of nitrogens with zero attached hydrogens (tertiary/aromatic N) is 3. The number of thiazole rings is 1. The van der Waals surface area contributed by atoms with Crippen LogP contribution in [0.5, 0.6) is 0 Å². The van der Waals surface area contributed by atoms with Crippen molar-refractivity contribution in [1.82, 2.24) is 20.5 Å². The number of guanidine groups is 1. The number of rotatable bonds is 5. The monoisotopic (exact) mass is 467 g/mol. The van der Waals surface area contributed by atoms with Crippen LogP contribution in [0.2, 0.25) is 0 Å². The van der Waals surface area contributed by atoms with Crippen LogP contribution >= 0.6 is 35.3 Å². The third-order valence-corrected chi connectivity index (χ3v) is 5.33. The summed E-state index contributed by atoms with van der Waals surface area (Å²) in [5.74, 6) is 0.822. The standard InChI is InChI=1S/C16H29N5OS.HI/c1-11(21-6-7-22-10-12(21)2)8-18-16(17-5)19-9-15-20-13(3)14(4)23-15;/h11-12H,6-10H2,1-5H3,(H2,17,18,19);1H. The SMILES string of the molecule is CN=C(NCc1nc(C)c(C)s1)NCC(C)N1CCOCC1C.I. The first kappa shape index (κ1) is 21.6. The number of ether oxygens (including phenoxy) is 1. The van der Waals surface area contributed by atoms with Crippen LogP contribution in [-0.2, 0) is 11.3 Å². The summed E-state index contributed by atoms with van der Waals surface area (Å²) in [6, 6.07) is 0.911. The van der Waals surface area contributed by atoms with Gasteiger partial charge in [-0.1, -0.05) is 0 Å². The Kier molecular flexibility index (Phi) is 9.47. The van der Waals surface area contributed by atoms with Crippen molar-refractivity contribution in [3.8, 4) is 0 Å². The molecule has 6 nitrogen and oxygen atoms in total. The highest BCUT2D eigenvalue weighted by atomic mass is 127. The van der Waals surface area contributed by atoms with Crippen LogP contribution < -0.4 is 10.6 Å². The number of aliphatic imine (C=N–C) groups is 1. The molecule has 2 atom stereocenters. The van der Waals surface area contributed by atoms with Gasteiger partial charge in [-0.05, 0) is 27.7 Å². The van der Waals surface area contributed by atoms with E-state index in [1.807, 2.05) is 6.92 Å². The van der Waals surface area contributed by atoms with Gasteiger partial charge < -0.3 is 15.4 Å². The Labute approximate surface area is 166 Å². The maximum absolute atomic E-state index is 5.50. The Balaban J connectivity index is 0.00000288. The van der Waals surface area contributed by atoms with E-state index in [9.17, 15) is 0 Å². The summed E-state index contributed by atoms with van der Waals surface area (Å²) in [7, 11) is 1.80. The molecule has 1 aliphatic rings. The van der Waals surface area contributed by atoms with Gasteiger partial charge in [0.15, 0.2) is 5.96 Å². The van der Waals surface area contributed by atoms with E-state index in [1.54, 1.807) is 18.4 Å². The van der Waals surface area contributed by atoms with E-state index in [4.69, 9.17) is 4.74 Å². The zero-order chi connectivity index (χ0) is 16.8. The van der Waals surface area contributed by atoms with E-state index in [0.717, 1.165) is 43.0 Å². The molecule has 2 unspecified atom stereocenters. The number of aromatic nitrogens is 1. The van der Waals surface area contributed by atoms with E-state index in [0.29, 0.717) is 18.6 Å². The molecule has 0 saturated carbocycles. The van der Waals surface area contributed by atoms with Crippen LogP contribution in [0.4, 0.5) is 0 Å². The molecule has 1 saturated heterocycles. The van der Waals surface area contributed by atoms with Crippen LogP contribution in [0.25, 0.3) is 0 Å². The van der Waals surface area contributed by atoms with Gasteiger partial charge in [0.05, 0.1) is 25.5 Å². The summed E-state index contributed by atoms with van der Waals surface area (Å²) in [6.45, 7) is 12.8. The van der Waals surface area contributed by atoms with Crippen LogP contribution in [0.1, 0.15) is 29.4 Å². The molecule has 24 heavy (non-hydrogen) atoms. The number of hydrogen-bond donors (Lipinski definition) is 2. The van der Waals surface area contributed by atoms with Gasteiger partial charge in [0.2, 0.25) is 0 Å². The lowest BCUT2D eigenvalue weighted by atomic mass is 10.2. The van der Waals surface area contributed by atoms with Gasteiger partial charge >= 0.3 is 0 Å². The third-order valence-electron chi connectivity index (χ3n) is 4.25. The molecule has 0 radical (unpaired) electrons. The number of nitrogens with one attached hydrogen (secondary N) is 2. The summed E-state index contributed by atoms with van der Waals surface area (Å²) >= 11 is 1.74. The smallest absolute Gasteiger partial charge is 0.191 e. The van der Waals surface area contributed by atoms with Crippen molar-refractivity contribution in [3.05, 3.63) is 15.6 Å². The van der Waals surface area contributed by atoms with Gasteiger partial charge in [-0.25, -0.2) is 4.98 Å². The van der Waals surface area contributed by atoms with Crippen LogP contribution in [0.15, 0.2) is 4.99 Å². The zero-order valence-electron chi connectivity index (χ0n) is 15.3. The predicted octanol–water partition coefficient (Wildman–Crippen LogP) is 2.15. The Hall–Kier alpha value is -0.450. The molecule has 0 amide bonds.